The molecule has 2 atom stereocenters. The van der Waals surface area contributed by atoms with Crippen molar-refractivity contribution in [2.45, 2.75) is 53.6 Å². The number of hydrogen-bond donors (Lipinski definition) is 1. The van der Waals surface area contributed by atoms with Crippen molar-refractivity contribution in [3.63, 3.8) is 0 Å². The predicted octanol–water partition coefficient (Wildman–Crippen LogP) is 4.00. The minimum Gasteiger partial charge on any atom is -0.326 e. The molecule has 0 amide bonds. The Bertz CT molecular complexity index is 386. The van der Waals surface area contributed by atoms with Crippen molar-refractivity contribution in [2.75, 3.05) is 13.1 Å². The van der Waals surface area contributed by atoms with Crippen LogP contribution in [0.5, 0.6) is 0 Å². The first-order valence-corrected chi connectivity index (χ1v) is 7.87. The van der Waals surface area contributed by atoms with E-state index in [1.54, 1.807) is 0 Å². The highest BCUT2D eigenvalue weighted by Crippen LogP contribution is 2.26. The maximum Gasteiger partial charge on any atom is 0.0496 e. The zero-order valence-corrected chi connectivity index (χ0v) is 14.1. The quantitative estimate of drug-likeness (QED) is 0.815. The van der Waals surface area contributed by atoms with Crippen molar-refractivity contribution < 1.29 is 0 Å². The van der Waals surface area contributed by atoms with Crippen molar-refractivity contribution in [1.82, 2.24) is 4.90 Å². The van der Waals surface area contributed by atoms with Gasteiger partial charge in [-0.1, -0.05) is 57.5 Å². The molecule has 114 valence electrons. The zero-order chi connectivity index (χ0) is 15.3. The molecule has 1 aromatic rings. The molecule has 0 spiro atoms. The van der Waals surface area contributed by atoms with E-state index >= 15 is 0 Å². The van der Waals surface area contributed by atoms with E-state index in [1.165, 1.54) is 11.1 Å². The second-order valence-electron chi connectivity index (χ2n) is 6.96. The molecule has 0 aliphatic carbocycles. The summed E-state index contributed by atoms with van der Waals surface area (Å²) in [5.74, 6) is 1.31. The molecule has 0 saturated carbocycles. The van der Waals surface area contributed by atoms with Crippen LogP contribution in [-0.2, 0) is 0 Å². The molecule has 1 aromatic carbocycles. The summed E-state index contributed by atoms with van der Waals surface area (Å²) in [6.45, 7) is 15.6. The topological polar surface area (TPSA) is 29.3 Å². The molecule has 0 radical (unpaired) electrons. The zero-order valence-electron chi connectivity index (χ0n) is 14.1. The van der Waals surface area contributed by atoms with Crippen molar-refractivity contribution in [2.24, 2.45) is 17.6 Å². The Kier molecular flexibility index (Phi) is 6.70. The first-order chi connectivity index (χ1) is 9.31. The Hall–Kier alpha value is -0.860. The van der Waals surface area contributed by atoms with E-state index in [9.17, 15) is 0 Å². The molecule has 0 aromatic heterocycles. The van der Waals surface area contributed by atoms with E-state index in [0.717, 1.165) is 13.1 Å². The van der Waals surface area contributed by atoms with Crippen LogP contribution in [0, 0.1) is 18.8 Å². The Morgan fingerprint density at radius 2 is 1.55 bits per heavy atom. The molecular weight excluding hydrogens is 244 g/mol. The van der Waals surface area contributed by atoms with Gasteiger partial charge >= 0.3 is 0 Å². The third-order valence-corrected chi connectivity index (χ3v) is 3.47. The lowest BCUT2D eigenvalue weighted by Gasteiger charge is -2.37. The Labute approximate surface area is 125 Å². The van der Waals surface area contributed by atoms with Crippen LogP contribution in [-0.4, -0.2) is 24.0 Å². The summed E-state index contributed by atoms with van der Waals surface area (Å²) >= 11 is 0. The molecule has 1 rings (SSSR count). The molecular formula is C18H32N2. The van der Waals surface area contributed by atoms with Crippen LogP contribution in [0.25, 0.3) is 0 Å². The number of rotatable bonds is 7. The highest BCUT2D eigenvalue weighted by Gasteiger charge is 2.25. The lowest BCUT2D eigenvalue weighted by atomic mass is 9.95. The lowest BCUT2D eigenvalue weighted by molar-refractivity contribution is 0.140. The highest BCUT2D eigenvalue weighted by molar-refractivity contribution is 5.26. The van der Waals surface area contributed by atoms with Gasteiger partial charge in [0.2, 0.25) is 0 Å². The van der Waals surface area contributed by atoms with E-state index in [-0.39, 0.29) is 6.04 Å². The summed E-state index contributed by atoms with van der Waals surface area (Å²) in [6, 6.07) is 9.23. The van der Waals surface area contributed by atoms with Crippen LogP contribution < -0.4 is 5.73 Å². The van der Waals surface area contributed by atoms with Gasteiger partial charge < -0.3 is 5.73 Å². The summed E-state index contributed by atoms with van der Waals surface area (Å²) < 4.78 is 0. The second kappa shape index (κ2) is 7.80. The summed E-state index contributed by atoms with van der Waals surface area (Å²) in [5, 5.41) is 0. The molecule has 0 aliphatic rings. The fraction of sp³-hybridized carbons (Fsp3) is 0.667. The number of benzene rings is 1. The van der Waals surface area contributed by atoms with Gasteiger partial charge in [0.1, 0.15) is 0 Å². The third-order valence-electron chi connectivity index (χ3n) is 3.47. The second-order valence-corrected chi connectivity index (χ2v) is 6.96. The molecule has 0 aliphatic heterocycles. The number of aryl methyl sites for hydroxylation is 1. The van der Waals surface area contributed by atoms with Crippen molar-refractivity contribution in [3.05, 3.63) is 35.4 Å². The molecule has 0 saturated heterocycles. The predicted molar refractivity (Wildman–Crippen MR) is 88.8 cm³/mol. The first-order valence-electron chi connectivity index (χ1n) is 7.87. The van der Waals surface area contributed by atoms with E-state index < -0.39 is 0 Å². The Balaban J connectivity index is 3.06. The molecule has 2 nitrogen and oxygen atoms in total. The van der Waals surface area contributed by atoms with E-state index in [2.05, 4.69) is 70.7 Å². The lowest BCUT2D eigenvalue weighted by Crippen LogP contribution is -2.43. The summed E-state index contributed by atoms with van der Waals surface area (Å²) in [6.07, 6.45) is 0. The number of nitrogens with two attached hydrogens (primary N) is 1. The van der Waals surface area contributed by atoms with Crippen LogP contribution in [0.4, 0.5) is 0 Å². The van der Waals surface area contributed by atoms with E-state index in [4.69, 9.17) is 5.73 Å². The van der Waals surface area contributed by atoms with E-state index in [1.807, 2.05) is 0 Å². The van der Waals surface area contributed by atoms with Gasteiger partial charge in [-0.15, -0.1) is 0 Å². The fourth-order valence-electron chi connectivity index (χ4n) is 2.94. The van der Waals surface area contributed by atoms with E-state index in [0.29, 0.717) is 17.9 Å². The van der Waals surface area contributed by atoms with Gasteiger partial charge in [0.15, 0.2) is 0 Å². The van der Waals surface area contributed by atoms with Crippen LogP contribution >= 0.6 is 0 Å². The van der Waals surface area contributed by atoms with Gasteiger partial charge in [0.05, 0.1) is 0 Å². The Morgan fingerprint density at radius 3 is 1.95 bits per heavy atom. The molecule has 2 unspecified atom stereocenters. The fourth-order valence-corrected chi connectivity index (χ4v) is 2.94. The molecule has 0 bridgehead atoms. The van der Waals surface area contributed by atoms with Crippen molar-refractivity contribution in [1.29, 1.82) is 0 Å². The summed E-state index contributed by atoms with van der Waals surface area (Å²) in [5.41, 5.74) is 8.99. The molecule has 2 heteroatoms. The monoisotopic (exact) mass is 276 g/mol. The van der Waals surface area contributed by atoms with Gasteiger partial charge in [-0.2, -0.15) is 0 Å². The van der Waals surface area contributed by atoms with Crippen LogP contribution in [0.15, 0.2) is 24.3 Å². The molecule has 0 heterocycles. The van der Waals surface area contributed by atoms with Crippen molar-refractivity contribution in [3.8, 4) is 0 Å². The van der Waals surface area contributed by atoms with Gasteiger partial charge in [-0.05, 0) is 31.2 Å². The van der Waals surface area contributed by atoms with Gasteiger partial charge in [0, 0.05) is 25.2 Å². The Morgan fingerprint density at radius 1 is 1.00 bits per heavy atom. The average molecular weight is 276 g/mol. The van der Waals surface area contributed by atoms with Crippen molar-refractivity contribution >= 4 is 0 Å². The smallest absolute Gasteiger partial charge is 0.0496 e. The molecule has 2 N–H and O–H groups in total. The maximum absolute atomic E-state index is 6.33. The largest absolute Gasteiger partial charge is 0.326 e. The average Bonchev–Trinajstić information content (AvgIpc) is 2.26. The minimum atomic E-state index is 0.134. The number of hydrogen-bond acceptors (Lipinski definition) is 2. The summed E-state index contributed by atoms with van der Waals surface area (Å²) in [4.78, 5) is 2.56. The normalized spacial score (nSPS) is 15.1. The molecule has 0 fully saturated rings. The van der Waals surface area contributed by atoms with Gasteiger partial charge in [-0.3, -0.25) is 4.90 Å². The minimum absolute atomic E-state index is 0.134. The standard InChI is InChI=1S/C18H32N2/c1-13(2)11-20(12-14(3)4)18(16(6)19)17-9-7-8-15(5)10-17/h7-10,13-14,16,18H,11-12,19H2,1-6H3. The van der Waals surface area contributed by atoms with Crippen LogP contribution in [0.2, 0.25) is 0 Å². The number of nitrogens with zero attached hydrogens (tertiary/aromatic N) is 1. The highest BCUT2D eigenvalue weighted by atomic mass is 15.2. The molecule has 20 heavy (non-hydrogen) atoms. The van der Waals surface area contributed by atoms with Crippen LogP contribution in [0.1, 0.15) is 51.8 Å². The van der Waals surface area contributed by atoms with Crippen LogP contribution in [0.3, 0.4) is 0 Å². The van der Waals surface area contributed by atoms with Gasteiger partial charge in [-0.25, -0.2) is 0 Å². The maximum atomic E-state index is 6.33. The van der Waals surface area contributed by atoms with Gasteiger partial charge in [0.25, 0.3) is 0 Å². The summed E-state index contributed by atoms with van der Waals surface area (Å²) in [7, 11) is 0. The SMILES string of the molecule is Cc1cccc(C(C(C)N)N(CC(C)C)CC(C)C)c1. The third kappa shape index (κ3) is 5.26. The first kappa shape index (κ1) is 17.2.